The molecule has 1 saturated heterocycles. The number of amides is 3. The van der Waals surface area contributed by atoms with Gasteiger partial charge in [0.05, 0.1) is 0 Å². The Hall–Kier alpha value is -3.10. The van der Waals surface area contributed by atoms with Crippen LogP contribution in [0.1, 0.15) is 45.6 Å². The quantitative estimate of drug-likeness (QED) is 0.396. The number of hydrogen-bond donors (Lipinski definition) is 2. The highest BCUT2D eigenvalue weighted by Gasteiger charge is 2.68. The Morgan fingerprint density at radius 3 is 2.53 bits per heavy atom. The van der Waals surface area contributed by atoms with Crippen molar-refractivity contribution in [3.63, 3.8) is 0 Å². The maximum absolute atomic E-state index is 12.8. The van der Waals surface area contributed by atoms with Crippen LogP contribution in [0.4, 0.5) is 4.79 Å². The Morgan fingerprint density at radius 1 is 1.20 bits per heavy atom. The van der Waals surface area contributed by atoms with E-state index in [0.717, 1.165) is 5.56 Å². The van der Waals surface area contributed by atoms with Gasteiger partial charge >= 0.3 is 12.1 Å². The molecule has 9 heteroatoms. The molecular weight excluding hydrogens is 390 g/mol. The SMILES string of the molecule is CC(C)(C)OC(=O)N1[C@H](C(=O)OCc2ccccc2)C[C@@]2(CC(=O)NNC=O)C[C@@H]12. The lowest BCUT2D eigenvalue weighted by atomic mass is 9.95. The summed E-state index contributed by atoms with van der Waals surface area (Å²) in [4.78, 5) is 49.6. The van der Waals surface area contributed by atoms with E-state index in [2.05, 4.69) is 10.9 Å². The monoisotopic (exact) mass is 417 g/mol. The van der Waals surface area contributed by atoms with Crippen LogP contribution in [0.2, 0.25) is 0 Å². The number of nitrogens with zero attached hydrogens (tertiary/aromatic N) is 1. The Labute approximate surface area is 175 Å². The minimum absolute atomic E-state index is 0.0836. The van der Waals surface area contributed by atoms with Gasteiger partial charge in [0.2, 0.25) is 12.3 Å². The van der Waals surface area contributed by atoms with Crippen molar-refractivity contribution >= 4 is 24.4 Å². The number of esters is 1. The third-order valence-corrected chi connectivity index (χ3v) is 5.30. The number of ether oxygens (including phenoxy) is 2. The van der Waals surface area contributed by atoms with Crippen molar-refractivity contribution in [3.05, 3.63) is 35.9 Å². The average Bonchev–Trinajstić information content (AvgIpc) is 3.26. The largest absolute Gasteiger partial charge is 0.459 e. The smallest absolute Gasteiger partial charge is 0.411 e. The first kappa shape index (κ1) is 21.6. The zero-order chi connectivity index (χ0) is 21.9. The summed E-state index contributed by atoms with van der Waals surface area (Å²) in [5.41, 5.74) is 3.99. The first-order valence-corrected chi connectivity index (χ1v) is 9.85. The normalized spacial score (nSPS) is 24.4. The first-order valence-electron chi connectivity index (χ1n) is 9.85. The van der Waals surface area contributed by atoms with Crippen LogP contribution in [0, 0.1) is 5.41 Å². The van der Waals surface area contributed by atoms with Gasteiger partial charge in [0.15, 0.2) is 0 Å². The van der Waals surface area contributed by atoms with E-state index in [1.165, 1.54) is 4.90 Å². The fourth-order valence-electron chi connectivity index (χ4n) is 3.97. The van der Waals surface area contributed by atoms with E-state index >= 15 is 0 Å². The lowest BCUT2D eigenvalue weighted by molar-refractivity contribution is -0.151. The minimum Gasteiger partial charge on any atom is -0.459 e. The number of nitrogens with one attached hydrogen (secondary N) is 2. The zero-order valence-electron chi connectivity index (χ0n) is 17.3. The number of hydrogen-bond acceptors (Lipinski definition) is 6. The highest BCUT2D eigenvalue weighted by Crippen LogP contribution is 2.62. The number of hydrazine groups is 1. The molecule has 162 valence electrons. The Kier molecular flexibility index (Phi) is 6.00. The molecule has 2 N–H and O–H groups in total. The van der Waals surface area contributed by atoms with Crippen LogP contribution in [-0.2, 0) is 30.5 Å². The van der Waals surface area contributed by atoms with Crippen LogP contribution in [-0.4, -0.2) is 47.0 Å². The maximum Gasteiger partial charge on any atom is 0.411 e. The van der Waals surface area contributed by atoms with Gasteiger partial charge in [0, 0.05) is 17.9 Å². The summed E-state index contributed by atoms with van der Waals surface area (Å²) in [6.07, 6.45) is 0.744. The molecule has 3 amide bonds. The van der Waals surface area contributed by atoms with Crippen molar-refractivity contribution in [2.45, 2.75) is 64.3 Å². The van der Waals surface area contributed by atoms with Crippen LogP contribution in [0.3, 0.4) is 0 Å². The van der Waals surface area contributed by atoms with Gasteiger partial charge in [-0.2, -0.15) is 0 Å². The fraction of sp³-hybridized carbons (Fsp3) is 0.524. The summed E-state index contributed by atoms with van der Waals surface area (Å²) in [5, 5.41) is 0. The minimum atomic E-state index is -0.825. The summed E-state index contributed by atoms with van der Waals surface area (Å²) < 4.78 is 11.0. The summed E-state index contributed by atoms with van der Waals surface area (Å²) in [6.45, 7) is 5.35. The molecule has 2 fully saturated rings. The molecule has 3 atom stereocenters. The van der Waals surface area contributed by atoms with Gasteiger partial charge < -0.3 is 9.47 Å². The Morgan fingerprint density at radius 2 is 1.90 bits per heavy atom. The number of likely N-dealkylation sites (tertiary alicyclic amines) is 1. The highest BCUT2D eigenvalue weighted by molar-refractivity contribution is 5.85. The number of benzene rings is 1. The van der Waals surface area contributed by atoms with E-state index in [4.69, 9.17) is 9.47 Å². The van der Waals surface area contributed by atoms with Crippen LogP contribution in [0.5, 0.6) is 0 Å². The summed E-state index contributed by atoms with van der Waals surface area (Å²) >= 11 is 0. The third kappa shape index (κ3) is 4.90. The van der Waals surface area contributed by atoms with Crippen LogP contribution >= 0.6 is 0 Å². The molecule has 1 aromatic carbocycles. The van der Waals surface area contributed by atoms with E-state index in [-0.39, 0.29) is 25.0 Å². The van der Waals surface area contributed by atoms with Crippen LogP contribution < -0.4 is 10.9 Å². The average molecular weight is 417 g/mol. The Bertz CT molecular complexity index is 822. The number of carbonyl (C=O) groups is 4. The molecule has 0 spiro atoms. The maximum atomic E-state index is 12.8. The Balaban J connectivity index is 1.71. The second kappa shape index (κ2) is 8.33. The number of carbonyl (C=O) groups excluding carboxylic acids is 4. The molecule has 2 aliphatic rings. The molecule has 1 aliphatic heterocycles. The van der Waals surface area contributed by atoms with Gasteiger partial charge in [0.1, 0.15) is 18.2 Å². The standard InChI is InChI=1S/C21H27N3O6/c1-20(2,3)30-19(28)24-15(18(27)29-12-14-7-5-4-6-8-14)9-21(10-16(21)24)11-17(26)23-22-13-25/h4-8,13,15-16H,9-12H2,1-3H3,(H,22,25)(H,23,26)/t15-,16+,21-/m0/s1. The molecule has 0 bridgehead atoms. The molecule has 1 heterocycles. The topological polar surface area (TPSA) is 114 Å². The van der Waals surface area contributed by atoms with Gasteiger partial charge in [-0.05, 0) is 39.2 Å². The van der Waals surface area contributed by atoms with Crippen molar-refractivity contribution in [3.8, 4) is 0 Å². The second-order valence-electron chi connectivity index (χ2n) is 8.77. The molecule has 0 aromatic heterocycles. The number of piperidine rings is 1. The van der Waals surface area contributed by atoms with Crippen molar-refractivity contribution in [2.24, 2.45) is 5.41 Å². The van der Waals surface area contributed by atoms with Crippen molar-refractivity contribution in [2.75, 3.05) is 0 Å². The molecule has 1 aromatic rings. The van der Waals surface area contributed by atoms with Crippen LogP contribution in [0.15, 0.2) is 30.3 Å². The predicted molar refractivity (Wildman–Crippen MR) is 106 cm³/mol. The number of fused-ring (bicyclic) bond motifs is 1. The second-order valence-corrected chi connectivity index (χ2v) is 8.77. The summed E-state index contributed by atoms with van der Waals surface area (Å²) in [6, 6.07) is 8.14. The zero-order valence-corrected chi connectivity index (χ0v) is 17.3. The highest BCUT2D eigenvalue weighted by atomic mass is 16.6. The molecule has 0 radical (unpaired) electrons. The van der Waals surface area contributed by atoms with Crippen molar-refractivity contribution in [1.29, 1.82) is 0 Å². The third-order valence-electron chi connectivity index (χ3n) is 5.30. The van der Waals surface area contributed by atoms with E-state index in [9.17, 15) is 19.2 Å². The van der Waals surface area contributed by atoms with Crippen LogP contribution in [0.25, 0.3) is 0 Å². The van der Waals surface area contributed by atoms with Crippen molar-refractivity contribution < 1.29 is 28.7 Å². The lowest BCUT2D eigenvalue weighted by Crippen LogP contribution is -2.46. The first-order chi connectivity index (χ1) is 14.1. The molecule has 3 rings (SSSR count). The van der Waals surface area contributed by atoms with Gasteiger partial charge in [-0.15, -0.1) is 0 Å². The predicted octanol–water partition coefficient (Wildman–Crippen LogP) is 1.67. The van der Waals surface area contributed by atoms with Gasteiger partial charge in [-0.3, -0.25) is 25.3 Å². The van der Waals surface area contributed by atoms with E-state index < -0.39 is 29.1 Å². The van der Waals surface area contributed by atoms with E-state index in [1.54, 1.807) is 20.8 Å². The molecule has 30 heavy (non-hydrogen) atoms. The van der Waals surface area contributed by atoms with E-state index in [0.29, 0.717) is 19.3 Å². The molecular formula is C21H27N3O6. The van der Waals surface area contributed by atoms with Gasteiger partial charge in [-0.1, -0.05) is 30.3 Å². The molecule has 9 nitrogen and oxygen atoms in total. The van der Waals surface area contributed by atoms with E-state index in [1.807, 2.05) is 30.3 Å². The van der Waals surface area contributed by atoms with Gasteiger partial charge in [-0.25, -0.2) is 9.59 Å². The summed E-state index contributed by atoms with van der Waals surface area (Å²) in [5.74, 6) is -0.908. The lowest BCUT2D eigenvalue weighted by Gasteiger charge is -2.29. The fourth-order valence-corrected chi connectivity index (χ4v) is 3.97. The summed E-state index contributed by atoms with van der Waals surface area (Å²) in [7, 11) is 0. The number of rotatable bonds is 7. The molecule has 1 saturated carbocycles. The van der Waals surface area contributed by atoms with Crippen molar-refractivity contribution in [1.82, 2.24) is 15.8 Å². The molecule has 1 aliphatic carbocycles. The molecule has 0 unspecified atom stereocenters. The van der Waals surface area contributed by atoms with Gasteiger partial charge in [0.25, 0.3) is 0 Å².